The number of anilines is 1. The highest BCUT2D eigenvalue weighted by Gasteiger charge is 2.18. The smallest absolute Gasteiger partial charge is 0.150 e. The van der Waals surface area contributed by atoms with Gasteiger partial charge in [-0.25, -0.2) is 4.98 Å². The van der Waals surface area contributed by atoms with Crippen LogP contribution < -0.4 is 10.2 Å². The molecule has 1 aliphatic heterocycles. The van der Waals surface area contributed by atoms with Crippen LogP contribution in [0, 0.1) is 0 Å². The van der Waals surface area contributed by atoms with E-state index in [0.29, 0.717) is 5.56 Å². The molecule has 3 heterocycles. The van der Waals surface area contributed by atoms with Crippen molar-refractivity contribution >= 4 is 22.9 Å². The topological polar surface area (TPSA) is 61.4 Å². The summed E-state index contributed by atoms with van der Waals surface area (Å²) in [7, 11) is 3.75. The minimum absolute atomic E-state index is 0.609. The van der Waals surface area contributed by atoms with Gasteiger partial charge in [0.15, 0.2) is 6.29 Å². The average molecular weight is 456 g/mol. The number of nitrogens with one attached hydrogen (secondary N) is 1. The van der Waals surface area contributed by atoms with Crippen LogP contribution in [0.25, 0.3) is 22.2 Å². The first-order valence-corrected chi connectivity index (χ1v) is 11.5. The molecule has 1 N–H and O–H groups in total. The van der Waals surface area contributed by atoms with E-state index in [0.717, 1.165) is 60.3 Å². The number of piperazine rings is 1. The first kappa shape index (κ1) is 24.9. The highest BCUT2D eigenvalue weighted by atomic mass is 16.1. The largest absolute Gasteiger partial charge is 0.368 e. The Morgan fingerprint density at radius 2 is 1.79 bits per heavy atom. The third kappa shape index (κ3) is 5.97. The maximum Gasteiger partial charge on any atom is 0.150 e. The molecular weight excluding hydrogens is 422 g/mol. The molecular formula is C28H33N5O. The van der Waals surface area contributed by atoms with E-state index in [1.54, 1.807) is 12.4 Å². The van der Waals surface area contributed by atoms with Gasteiger partial charge < -0.3 is 15.1 Å². The predicted octanol–water partition coefficient (Wildman–Crippen LogP) is 4.71. The predicted molar refractivity (Wildman–Crippen MR) is 142 cm³/mol. The molecule has 0 radical (unpaired) electrons. The highest BCUT2D eigenvalue weighted by Crippen LogP contribution is 2.26. The normalized spacial score (nSPS) is 14.1. The van der Waals surface area contributed by atoms with Gasteiger partial charge in [-0.15, -0.1) is 0 Å². The quantitative estimate of drug-likeness (QED) is 0.429. The Hall–Kier alpha value is -3.77. The molecule has 1 fully saturated rings. The standard InChI is InChI=1S/C26H26N4O.C2H7N/c1-3-5-6-22(4-2)29-13-15-30(16-14-29)23-9-7-20(8-10-23)26-17-21(19-31)24-18-27-12-11-25(24)28-26;1-3-2/h3-12,17-19H,2,13-16H2,1H3;3H,1-2H3/b5-3-,22-6+;. The average Bonchev–Trinajstić information content (AvgIpc) is 2.89. The number of nitrogens with zero attached hydrogens (tertiary/aromatic N) is 4. The van der Waals surface area contributed by atoms with Crippen LogP contribution in [0.15, 0.2) is 85.4 Å². The Morgan fingerprint density at radius 1 is 1.09 bits per heavy atom. The number of carbonyl (C=O) groups is 1. The van der Waals surface area contributed by atoms with Crippen molar-refractivity contribution in [3.05, 3.63) is 90.9 Å². The van der Waals surface area contributed by atoms with Crippen molar-refractivity contribution < 1.29 is 4.79 Å². The van der Waals surface area contributed by atoms with Crippen LogP contribution in [0.1, 0.15) is 17.3 Å². The van der Waals surface area contributed by atoms with Crippen LogP contribution in [0.4, 0.5) is 5.69 Å². The molecule has 0 unspecified atom stereocenters. The van der Waals surface area contributed by atoms with Crippen LogP contribution >= 0.6 is 0 Å². The number of rotatable bonds is 6. The molecule has 3 aromatic rings. The number of aromatic nitrogens is 2. The molecule has 6 heteroatoms. The molecule has 34 heavy (non-hydrogen) atoms. The second-order valence-corrected chi connectivity index (χ2v) is 7.95. The zero-order valence-electron chi connectivity index (χ0n) is 20.2. The summed E-state index contributed by atoms with van der Waals surface area (Å²) in [6, 6.07) is 12.1. The molecule has 1 aromatic carbocycles. The Balaban J connectivity index is 0.00000103. The van der Waals surface area contributed by atoms with Crippen LogP contribution in [-0.4, -0.2) is 61.4 Å². The Kier molecular flexibility index (Phi) is 9.12. The summed E-state index contributed by atoms with van der Waals surface area (Å²) in [6.07, 6.45) is 12.4. The summed E-state index contributed by atoms with van der Waals surface area (Å²) in [5.41, 5.74) is 5.53. The number of carbonyl (C=O) groups excluding carboxylic acids is 1. The number of pyridine rings is 2. The molecule has 0 bridgehead atoms. The highest BCUT2D eigenvalue weighted by molar-refractivity contribution is 5.97. The fraction of sp³-hybridized carbons (Fsp3) is 0.250. The van der Waals surface area contributed by atoms with Gasteiger partial charge in [0.1, 0.15) is 0 Å². The number of hydrogen-bond donors (Lipinski definition) is 1. The maximum absolute atomic E-state index is 11.5. The number of fused-ring (bicyclic) bond motifs is 1. The molecule has 6 nitrogen and oxygen atoms in total. The summed E-state index contributed by atoms with van der Waals surface area (Å²) < 4.78 is 0. The maximum atomic E-state index is 11.5. The molecule has 0 saturated carbocycles. The van der Waals surface area contributed by atoms with Gasteiger partial charge in [-0.05, 0) is 57.4 Å². The van der Waals surface area contributed by atoms with Gasteiger partial charge in [0.25, 0.3) is 0 Å². The van der Waals surface area contributed by atoms with E-state index in [-0.39, 0.29) is 0 Å². The van der Waals surface area contributed by atoms with Crippen molar-refractivity contribution in [1.82, 2.24) is 20.2 Å². The van der Waals surface area contributed by atoms with E-state index < -0.39 is 0 Å². The molecule has 4 rings (SSSR count). The summed E-state index contributed by atoms with van der Waals surface area (Å²) in [5.74, 6) is 0. The van der Waals surface area contributed by atoms with E-state index in [1.807, 2.05) is 45.3 Å². The lowest BCUT2D eigenvalue weighted by Crippen LogP contribution is -2.45. The zero-order valence-corrected chi connectivity index (χ0v) is 20.2. The molecule has 1 saturated heterocycles. The van der Waals surface area contributed by atoms with Gasteiger partial charge in [-0.1, -0.05) is 30.9 Å². The number of benzene rings is 1. The molecule has 0 atom stereocenters. The lowest BCUT2D eigenvalue weighted by molar-refractivity contribution is 0.112. The number of hydrogen-bond acceptors (Lipinski definition) is 6. The van der Waals surface area contributed by atoms with Gasteiger partial charge in [0.05, 0.1) is 11.2 Å². The fourth-order valence-electron chi connectivity index (χ4n) is 3.90. The third-order valence-electron chi connectivity index (χ3n) is 5.61. The van der Waals surface area contributed by atoms with Gasteiger partial charge >= 0.3 is 0 Å². The Morgan fingerprint density at radius 3 is 2.41 bits per heavy atom. The van der Waals surface area contributed by atoms with Crippen molar-refractivity contribution in [2.45, 2.75) is 6.92 Å². The van der Waals surface area contributed by atoms with E-state index >= 15 is 0 Å². The molecule has 0 aliphatic carbocycles. The fourth-order valence-corrected chi connectivity index (χ4v) is 3.90. The van der Waals surface area contributed by atoms with Crippen molar-refractivity contribution in [2.75, 3.05) is 45.2 Å². The van der Waals surface area contributed by atoms with Crippen LogP contribution in [0.2, 0.25) is 0 Å². The van der Waals surface area contributed by atoms with Gasteiger partial charge in [0.2, 0.25) is 0 Å². The van der Waals surface area contributed by atoms with Crippen LogP contribution in [0.5, 0.6) is 0 Å². The minimum Gasteiger partial charge on any atom is -0.368 e. The molecule has 0 amide bonds. The number of aldehydes is 1. The van der Waals surface area contributed by atoms with Gasteiger partial charge in [-0.3, -0.25) is 9.78 Å². The monoisotopic (exact) mass is 455 g/mol. The van der Waals surface area contributed by atoms with Gasteiger partial charge in [0, 0.05) is 66.5 Å². The van der Waals surface area contributed by atoms with Crippen LogP contribution in [0.3, 0.4) is 0 Å². The summed E-state index contributed by atoms with van der Waals surface area (Å²) in [6.45, 7) is 9.79. The zero-order chi connectivity index (χ0) is 24.3. The van der Waals surface area contributed by atoms with E-state index in [9.17, 15) is 4.79 Å². The molecule has 0 spiro atoms. The number of allylic oxidation sites excluding steroid dienone is 4. The van der Waals surface area contributed by atoms with E-state index in [4.69, 9.17) is 4.98 Å². The van der Waals surface area contributed by atoms with Crippen molar-refractivity contribution in [3.8, 4) is 11.3 Å². The minimum atomic E-state index is 0.609. The lowest BCUT2D eigenvalue weighted by atomic mass is 10.1. The molecule has 1 aliphatic rings. The van der Waals surface area contributed by atoms with Crippen molar-refractivity contribution in [2.24, 2.45) is 0 Å². The summed E-state index contributed by atoms with van der Waals surface area (Å²) >= 11 is 0. The first-order valence-electron chi connectivity index (χ1n) is 11.5. The first-order chi connectivity index (χ1) is 16.6. The Labute approximate surface area is 202 Å². The molecule has 2 aromatic heterocycles. The SMILES string of the molecule is C=C/C(=C\C=C/C)N1CCN(c2ccc(-c3cc(C=O)c4cnccc4n3)cc2)CC1.CNC. The lowest BCUT2D eigenvalue weighted by Gasteiger charge is -2.37. The Bertz CT molecular complexity index is 1160. The third-order valence-corrected chi connectivity index (χ3v) is 5.61. The second-order valence-electron chi connectivity index (χ2n) is 7.95. The van der Waals surface area contributed by atoms with Gasteiger partial charge in [-0.2, -0.15) is 0 Å². The van der Waals surface area contributed by atoms with E-state index in [2.05, 4.69) is 63.1 Å². The summed E-state index contributed by atoms with van der Waals surface area (Å²) in [4.78, 5) is 25.1. The van der Waals surface area contributed by atoms with Crippen molar-refractivity contribution in [3.63, 3.8) is 0 Å². The second kappa shape index (κ2) is 12.5. The van der Waals surface area contributed by atoms with E-state index in [1.165, 1.54) is 5.69 Å². The molecule has 176 valence electrons. The van der Waals surface area contributed by atoms with Crippen LogP contribution in [-0.2, 0) is 0 Å². The van der Waals surface area contributed by atoms with Crippen molar-refractivity contribution in [1.29, 1.82) is 0 Å². The summed E-state index contributed by atoms with van der Waals surface area (Å²) in [5, 5.41) is 3.53.